The molecule has 0 bridgehead atoms. The van der Waals surface area contributed by atoms with Gasteiger partial charge in [-0.2, -0.15) is 5.10 Å². The van der Waals surface area contributed by atoms with Crippen molar-refractivity contribution in [2.24, 2.45) is 5.10 Å². The molecule has 1 aliphatic rings. The van der Waals surface area contributed by atoms with E-state index >= 15 is 0 Å². The molecule has 0 heterocycles. The van der Waals surface area contributed by atoms with Crippen LogP contribution in [0.15, 0.2) is 52.0 Å². The normalized spacial score (nSPS) is 12.7. The number of nitrogens with zero attached hydrogens (tertiary/aromatic N) is 1. The van der Waals surface area contributed by atoms with E-state index < -0.39 is 0 Å². The van der Waals surface area contributed by atoms with E-state index in [1.807, 2.05) is 30.3 Å². The van der Waals surface area contributed by atoms with Gasteiger partial charge in [-0.25, -0.2) is 5.43 Å². The van der Waals surface area contributed by atoms with Gasteiger partial charge in [-0.3, -0.25) is 4.79 Å². The number of halogens is 1. The number of nitrogens with one attached hydrogen (secondary N) is 1. The highest BCUT2D eigenvalue weighted by Gasteiger charge is 2.16. The van der Waals surface area contributed by atoms with Crippen LogP contribution in [0, 0.1) is 0 Å². The second-order valence-corrected chi connectivity index (χ2v) is 6.60. The van der Waals surface area contributed by atoms with Crippen molar-refractivity contribution in [3.05, 3.63) is 63.6 Å². The molecule has 1 amide bonds. The van der Waals surface area contributed by atoms with Gasteiger partial charge in [-0.15, -0.1) is 0 Å². The van der Waals surface area contributed by atoms with E-state index in [2.05, 4.69) is 45.5 Å². The Kier molecular flexibility index (Phi) is 5.30. The molecule has 0 saturated heterocycles. The average Bonchev–Trinajstić information content (AvgIpc) is 3.01. The molecular weight excluding hydrogens is 368 g/mol. The summed E-state index contributed by atoms with van der Waals surface area (Å²) in [7, 11) is 0. The lowest BCUT2D eigenvalue weighted by Crippen LogP contribution is -2.26. The fourth-order valence-corrected chi connectivity index (χ4v) is 3.22. The summed E-state index contributed by atoms with van der Waals surface area (Å²) in [5.41, 5.74) is 7.32. The highest BCUT2D eigenvalue weighted by atomic mass is 79.9. The molecule has 1 N–H and O–H groups in total. The van der Waals surface area contributed by atoms with Gasteiger partial charge in [0.2, 0.25) is 0 Å². The lowest BCUT2D eigenvalue weighted by atomic mass is 10.1. The summed E-state index contributed by atoms with van der Waals surface area (Å²) < 4.78 is 6.40. The molecule has 0 saturated carbocycles. The summed E-state index contributed by atoms with van der Waals surface area (Å²) in [6.45, 7) is 2.03. The van der Waals surface area contributed by atoms with Crippen LogP contribution >= 0.6 is 15.9 Å². The Morgan fingerprint density at radius 3 is 2.54 bits per heavy atom. The number of ether oxygens (including phenoxy) is 1. The molecule has 2 aromatic carbocycles. The van der Waals surface area contributed by atoms with Gasteiger partial charge in [-0.05, 0) is 51.2 Å². The molecule has 0 aromatic heterocycles. The third-order valence-corrected chi connectivity index (χ3v) is 4.63. The van der Waals surface area contributed by atoms with Crippen LogP contribution in [0.2, 0.25) is 0 Å². The molecule has 1 aliphatic carbocycles. The van der Waals surface area contributed by atoms with Gasteiger partial charge < -0.3 is 4.74 Å². The highest BCUT2D eigenvalue weighted by molar-refractivity contribution is 9.10. The first-order valence-corrected chi connectivity index (χ1v) is 8.77. The smallest absolute Gasteiger partial charge is 0.277 e. The molecule has 0 fully saturated rings. The van der Waals surface area contributed by atoms with Crippen molar-refractivity contribution in [3.8, 4) is 5.75 Å². The number of rotatable bonds is 5. The lowest BCUT2D eigenvalue weighted by Gasteiger charge is -2.08. The molecule has 5 heteroatoms. The van der Waals surface area contributed by atoms with Crippen LogP contribution in [0.3, 0.4) is 0 Å². The van der Waals surface area contributed by atoms with E-state index in [1.165, 1.54) is 16.7 Å². The third kappa shape index (κ3) is 4.03. The Bertz CT molecular complexity index is 760. The van der Waals surface area contributed by atoms with Crippen LogP contribution in [0.25, 0.3) is 0 Å². The molecule has 0 atom stereocenters. The van der Waals surface area contributed by atoms with Crippen LogP contribution in [-0.4, -0.2) is 18.2 Å². The first-order chi connectivity index (χ1) is 11.7. The van der Waals surface area contributed by atoms with Crippen molar-refractivity contribution < 1.29 is 9.53 Å². The maximum absolute atomic E-state index is 11.9. The number of hydrogen-bond acceptors (Lipinski definition) is 3. The van der Waals surface area contributed by atoms with Crippen molar-refractivity contribution in [1.82, 2.24) is 5.43 Å². The van der Waals surface area contributed by atoms with Gasteiger partial charge in [-0.1, -0.05) is 37.3 Å². The first kappa shape index (κ1) is 16.7. The molecule has 124 valence electrons. The van der Waals surface area contributed by atoms with E-state index in [-0.39, 0.29) is 12.5 Å². The van der Waals surface area contributed by atoms with Crippen LogP contribution in [0.4, 0.5) is 0 Å². The van der Waals surface area contributed by atoms with Gasteiger partial charge in [0.1, 0.15) is 5.75 Å². The molecule has 4 nitrogen and oxygen atoms in total. The number of carbonyl (C=O) groups excluding carboxylic acids is 1. The molecule has 0 unspecified atom stereocenters. The minimum absolute atomic E-state index is 0.0617. The van der Waals surface area contributed by atoms with E-state index in [4.69, 9.17) is 4.74 Å². The number of fused-ring (bicyclic) bond motifs is 1. The summed E-state index contributed by atoms with van der Waals surface area (Å²) in [6, 6.07) is 14.1. The van der Waals surface area contributed by atoms with E-state index in [9.17, 15) is 4.79 Å². The number of hydrogen-bond donors (Lipinski definition) is 1. The zero-order valence-electron chi connectivity index (χ0n) is 13.5. The summed E-state index contributed by atoms with van der Waals surface area (Å²) in [5.74, 6) is 0.396. The average molecular weight is 387 g/mol. The molecule has 3 rings (SSSR count). The van der Waals surface area contributed by atoms with Crippen molar-refractivity contribution in [3.63, 3.8) is 0 Å². The van der Waals surface area contributed by atoms with Crippen molar-refractivity contribution >= 4 is 27.5 Å². The SMILES string of the molecule is CCc1ccc(OCC(=O)NN=C2Cc3ccccc3C2)c(Br)c1. The van der Waals surface area contributed by atoms with Crippen molar-refractivity contribution in [2.75, 3.05) is 6.61 Å². The Hall–Kier alpha value is -2.14. The first-order valence-electron chi connectivity index (χ1n) is 7.98. The van der Waals surface area contributed by atoms with Crippen LogP contribution in [-0.2, 0) is 24.1 Å². The summed E-state index contributed by atoms with van der Waals surface area (Å²) in [4.78, 5) is 11.9. The monoisotopic (exact) mass is 386 g/mol. The van der Waals surface area contributed by atoms with E-state index in [0.717, 1.165) is 29.4 Å². The zero-order valence-corrected chi connectivity index (χ0v) is 15.1. The predicted octanol–water partition coefficient (Wildman–Crippen LogP) is 3.66. The molecule has 2 aromatic rings. The Labute approximate surface area is 150 Å². The quantitative estimate of drug-likeness (QED) is 0.797. The summed E-state index contributed by atoms with van der Waals surface area (Å²) in [6.07, 6.45) is 2.54. The summed E-state index contributed by atoms with van der Waals surface area (Å²) >= 11 is 3.46. The Morgan fingerprint density at radius 2 is 1.92 bits per heavy atom. The molecule has 0 spiro atoms. The molecular formula is C19H19BrN2O2. The van der Waals surface area contributed by atoms with Gasteiger partial charge in [0, 0.05) is 18.6 Å². The second kappa shape index (κ2) is 7.62. The lowest BCUT2D eigenvalue weighted by molar-refractivity contribution is -0.123. The zero-order chi connectivity index (χ0) is 16.9. The largest absolute Gasteiger partial charge is 0.483 e. The topological polar surface area (TPSA) is 50.7 Å². The van der Waals surface area contributed by atoms with E-state index in [1.54, 1.807) is 0 Å². The standard InChI is InChI=1S/C19H19BrN2O2/c1-2-13-7-8-18(17(20)9-13)24-12-19(23)22-21-16-10-14-5-3-4-6-15(14)11-16/h3-9H,2,10-12H2,1H3,(H,22,23). The van der Waals surface area contributed by atoms with Gasteiger partial charge in [0.15, 0.2) is 6.61 Å². The van der Waals surface area contributed by atoms with E-state index in [0.29, 0.717) is 5.75 Å². The maximum Gasteiger partial charge on any atom is 0.277 e. The highest BCUT2D eigenvalue weighted by Crippen LogP contribution is 2.26. The Morgan fingerprint density at radius 1 is 1.21 bits per heavy atom. The maximum atomic E-state index is 11.9. The van der Waals surface area contributed by atoms with Crippen LogP contribution < -0.4 is 10.2 Å². The minimum Gasteiger partial charge on any atom is -0.483 e. The van der Waals surface area contributed by atoms with Crippen molar-refractivity contribution in [1.29, 1.82) is 0 Å². The number of aryl methyl sites for hydroxylation is 1. The van der Waals surface area contributed by atoms with Gasteiger partial charge >= 0.3 is 0 Å². The Balaban J connectivity index is 1.51. The minimum atomic E-state index is -0.259. The number of carbonyl (C=O) groups is 1. The molecule has 0 radical (unpaired) electrons. The predicted molar refractivity (Wildman–Crippen MR) is 98.4 cm³/mol. The number of hydrazone groups is 1. The third-order valence-electron chi connectivity index (χ3n) is 4.01. The number of amides is 1. The van der Waals surface area contributed by atoms with Crippen LogP contribution in [0.5, 0.6) is 5.75 Å². The number of benzene rings is 2. The van der Waals surface area contributed by atoms with Gasteiger partial charge in [0.05, 0.1) is 4.47 Å². The van der Waals surface area contributed by atoms with Crippen molar-refractivity contribution in [2.45, 2.75) is 26.2 Å². The van der Waals surface area contributed by atoms with Crippen LogP contribution in [0.1, 0.15) is 23.6 Å². The van der Waals surface area contributed by atoms with Gasteiger partial charge in [0.25, 0.3) is 5.91 Å². The summed E-state index contributed by atoms with van der Waals surface area (Å²) in [5, 5.41) is 4.23. The molecule has 0 aliphatic heterocycles. The second-order valence-electron chi connectivity index (χ2n) is 5.74. The molecule has 24 heavy (non-hydrogen) atoms. The fraction of sp³-hybridized carbons (Fsp3) is 0.263. The fourth-order valence-electron chi connectivity index (χ4n) is 2.68.